The fraction of sp³-hybridized carbons (Fsp3) is 0.677. The molecule has 0 aromatic heterocycles. The van der Waals surface area contributed by atoms with Crippen molar-refractivity contribution in [2.24, 2.45) is 11.8 Å². The van der Waals surface area contributed by atoms with Crippen molar-refractivity contribution >= 4 is 11.9 Å². The summed E-state index contributed by atoms with van der Waals surface area (Å²) in [7, 11) is 0. The third-order valence-electron chi connectivity index (χ3n) is 7.36. The van der Waals surface area contributed by atoms with Crippen LogP contribution in [0.3, 0.4) is 0 Å². The number of carbonyl (C=O) groups excluding carboxylic acids is 1. The van der Waals surface area contributed by atoms with Gasteiger partial charge in [0.2, 0.25) is 0 Å². The van der Waals surface area contributed by atoms with Gasteiger partial charge in [0, 0.05) is 19.9 Å². The van der Waals surface area contributed by atoms with Crippen LogP contribution < -0.4 is 0 Å². The molecule has 5 atom stereocenters. The van der Waals surface area contributed by atoms with Crippen molar-refractivity contribution in [2.75, 3.05) is 26.2 Å². The average Bonchev–Trinajstić information content (AvgIpc) is 3.17. The molecular formula is C31H51NO7. The summed E-state index contributed by atoms with van der Waals surface area (Å²) in [6.45, 7) is 8.42. The van der Waals surface area contributed by atoms with Crippen LogP contribution in [0.5, 0.6) is 0 Å². The monoisotopic (exact) mass is 549 g/mol. The van der Waals surface area contributed by atoms with Gasteiger partial charge in [-0.25, -0.2) is 0 Å². The number of aliphatic hydroxyl groups excluding tert-OH is 3. The second kappa shape index (κ2) is 20.6. The fourth-order valence-electron chi connectivity index (χ4n) is 5.05. The molecule has 1 saturated carbocycles. The van der Waals surface area contributed by atoms with Crippen LogP contribution in [-0.2, 0) is 20.7 Å². The van der Waals surface area contributed by atoms with Crippen molar-refractivity contribution in [2.45, 2.75) is 96.9 Å². The molecule has 0 heterocycles. The molecule has 4 N–H and O–H groups in total. The van der Waals surface area contributed by atoms with Crippen molar-refractivity contribution in [1.82, 2.24) is 4.90 Å². The summed E-state index contributed by atoms with van der Waals surface area (Å²) in [5.74, 6) is -0.972. The maximum absolute atomic E-state index is 11.9. The Bertz CT molecular complexity index is 808. The molecule has 1 aliphatic rings. The van der Waals surface area contributed by atoms with E-state index in [2.05, 4.69) is 43.0 Å². The second-order valence-electron chi connectivity index (χ2n) is 10.3. The maximum atomic E-state index is 11.9. The summed E-state index contributed by atoms with van der Waals surface area (Å²) in [6, 6.07) is 10.2. The molecule has 0 saturated heterocycles. The van der Waals surface area contributed by atoms with E-state index < -0.39 is 24.3 Å². The van der Waals surface area contributed by atoms with Crippen LogP contribution in [0.2, 0.25) is 0 Å². The smallest absolute Gasteiger partial charge is 0.305 e. The van der Waals surface area contributed by atoms with Crippen LogP contribution in [-0.4, -0.2) is 81.8 Å². The second-order valence-corrected chi connectivity index (χ2v) is 10.3. The zero-order valence-corrected chi connectivity index (χ0v) is 24.1. The topological polar surface area (TPSA) is 128 Å². The number of benzene rings is 1. The summed E-state index contributed by atoms with van der Waals surface area (Å²) in [5, 5.41) is 38.8. The summed E-state index contributed by atoms with van der Waals surface area (Å²) in [5.41, 5.74) is 1.22. The number of likely N-dealkylation sites (N-methyl/N-ethyl adjacent to an activating group) is 1. The lowest BCUT2D eigenvalue weighted by molar-refractivity contribution is -0.144. The molecule has 0 radical (unpaired) electrons. The van der Waals surface area contributed by atoms with Gasteiger partial charge in [-0.1, -0.05) is 56.3 Å². The number of aryl methyl sites for hydroxylation is 1. The first-order valence-corrected chi connectivity index (χ1v) is 14.5. The molecule has 39 heavy (non-hydrogen) atoms. The van der Waals surface area contributed by atoms with E-state index in [9.17, 15) is 20.1 Å². The molecule has 0 amide bonds. The Morgan fingerprint density at radius 2 is 1.69 bits per heavy atom. The van der Waals surface area contributed by atoms with Crippen LogP contribution in [0.15, 0.2) is 42.5 Å². The Labute approximate surface area is 234 Å². The van der Waals surface area contributed by atoms with Gasteiger partial charge < -0.3 is 30.1 Å². The van der Waals surface area contributed by atoms with Crippen molar-refractivity contribution < 1.29 is 34.8 Å². The summed E-state index contributed by atoms with van der Waals surface area (Å²) < 4.78 is 5.31. The number of aliphatic hydroxyl groups is 3. The lowest BCUT2D eigenvalue weighted by Gasteiger charge is -2.23. The van der Waals surface area contributed by atoms with Gasteiger partial charge in [-0.2, -0.15) is 0 Å². The highest BCUT2D eigenvalue weighted by atomic mass is 16.5. The molecule has 1 aliphatic carbocycles. The van der Waals surface area contributed by atoms with E-state index in [-0.39, 0.29) is 17.8 Å². The predicted octanol–water partition coefficient (Wildman–Crippen LogP) is 4.21. The van der Waals surface area contributed by atoms with Gasteiger partial charge >= 0.3 is 5.97 Å². The zero-order valence-electron chi connectivity index (χ0n) is 24.1. The maximum Gasteiger partial charge on any atom is 0.305 e. The Kier molecular flexibility index (Phi) is 18.4. The number of unbranched alkanes of at least 4 members (excludes halogenated alkanes) is 1. The van der Waals surface area contributed by atoms with E-state index in [4.69, 9.17) is 14.6 Å². The quantitative estimate of drug-likeness (QED) is 0.129. The molecule has 8 nitrogen and oxygen atoms in total. The third-order valence-corrected chi connectivity index (χ3v) is 7.36. The normalized spacial score (nSPS) is 21.5. The number of nitrogens with zero attached hydrogens (tertiary/aromatic N) is 1. The Hall–Kier alpha value is -2.26. The molecule has 0 aliphatic heterocycles. The number of carboxylic acid groups (broad SMARTS) is 1. The Morgan fingerprint density at radius 3 is 2.33 bits per heavy atom. The molecule has 0 bridgehead atoms. The highest BCUT2D eigenvalue weighted by Crippen LogP contribution is 2.38. The predicted molar refractivity (Wildman–Crippen MR) is 153 cm³/mol. The minimum Gasteiger partial charge on any atom is -0.481 e. The lowest BCUT2D eigenvalue weighted by atomic mass is 9.85. The summed E-state index contributed by atoms with van der Waals surface area (Å²) >= 11 is 0. The molecule has 1 aromatic rings. The number of rotatable bonds is 17. The molecular weight excluding hydrogens is 498 g/mol. The Balaban J connectivity index is 0.00000177. The van der Waals surface area contributed by atoms with Crippen molar-refractivity contribution in [1.29, 1.82) is 0 Å². The molecule has 0 unspecified atom stereocenters. The minimum atomic E-state index is -0.833. The highest BCUT2D eigenvalue weighted by Gasteiger charge is 2.40. The van der Waals surface area contributed by atoms with E-state index in [0.717, 1.165) is 45.8 Å². The third kappa shape index (κ3) is 15.8. The molecule has 1 aromatic carbocycles. The molecule has 8 heteroatoms. The van der Waals surface area contributed by atoms with Gasteiger partial charge in [-0.15, -0.1) is 0 Å². The van der Waals surface area contributed by atoms with E-state index >= 15 is 0 Å². The van der Waals surface area contributed by atoms with Gasteiger partial charge in [0.25, 0.3) is 5.97 Å². The number of allylic oxidation sites excluding steroid dienone is 2. The standard InChI is InChI=1S/C29H47NO5.C2H4O2/c1-3-30(4-2)20-21-35-29(34)15-11-6-5-10-14-25-26(28(33)22-27(25)32)19-18-24(31)17-16-23-12-8-7-9-13-23;1-2(3)4/h5,7-10,12-13,24-28,31-33H,3-4,6,11,14-22H2,1-2H3;1H3,(H,3,4)/b10-5-;/t24-,25+,26+,27-,28+;/m0./s1. The Morgan fingerprint density at radius 1 is 1.05 bits per heavy atom. The van der Waals surface area contributed by atoms with E-state index in [1.165, 1.54) is 5.56 Å². The summed E-state index contributed by atoms with van der Waals surface area (Å²) in [6.07, 6.45) is 8.66. The molecule has 2 rings (SSSR count). The van der Waals surface area contributed by atoms with Crippen LogP contribution >= 0.6 is 0 Å². The fourth-order valence-corrected chi connectivity index (χ4v) is 5.05. The van der Waals surface area contributed by atoms with Gasteiger partial charge in [0.15, 0.2) is 0 Å². The van der Waals surface area contributed by atoms with E-state index in [1.54, 1.807) is 0 Å². The number of carboxylic acids is 1. The number of aliphatic carboxylic acids is 1. The van der Waals surface area contributed by atoms with Gasteiger partial charge in [0.1, 0.15) is 6.61 Å². The number of carbonyl (C=O) groups is 2. The molecule has 1 fully saturated rings. The number of esters is 1. The SMILES string of the molecule is CC(=O)O.CCN(CC)CCOC(=O)CCC/C=C\C[C@@H]1[C@@H](CC[C@@H](O)CCc2ccccc2)[C@H](O)C[C@@H]1O. The van der Waals surface area contributed by atoms with Crippen molar-refractivity contribution in [3.8, 4) is 0 Å². The van der Waals surface area contributed by atoms with Crippen molar-refractivity contribution in [3.63, 3.8) is 0 Å². The highest BCUT2D eigenvalue weighted by molar-refractivity contribution is 5.69. The first-order valence-electron chi connectivity index (χ1n) is 14.5. The summed E-state index contributed by atoms with van der Waals surface area (Å²) in [4.78, 5) is 23.1. The van der Waals surface area contributed by atoms with E-state index in [0.29, 0.717) is 45.1 Å². The van der Waals surface area contributed by atoms with E-state index in [1.807, 2.05) is 18.2 Å². The lowest BCUT2D eigenvalue weighted by Crippen LogP contribution is -2.27. The molecule has 222 valence electrons. The van der Waals surface area contributed by atoms with Crippen LogP contribution in [0, 0.1) is 11.8 Å². The minimum absolute atomic E-state index is 0.00168. The first kappa shape index (κ1) is 34.8. The van der Waals surface area contributed by atoms with Crippen LogP contribution in [0.25, 0.3) is 0 Å². The van der Waals surface area contributed by atoms with Crippen LogP contribution in [0.4, 0.5) is 0 Å². The number of hydrogen-bond acceptors (Lipinski definition) is 7. The van der Waals surface area contributed by atoms with Gasteiger partial charge in [-0.05, 0) is 81.9 Å². The van der Waals surface area contributed by atoms with Crippen LogP contribution in [0.1, 0.15) is 77.7 Å². The average molecular weight is 550 g/mol. The zero-order chi connectivity index (χ0) is 29.0. The first-order chi connectivity index (χ1) is 18.7. The van der Waals surface area contributed by atoms with Gasteiger partial charge in [-0.3, -0.25) is 9.59 Å². The van der Waals surface area contributed by atoms with Crippen molar-refractivity contribution in [3.05, 3.63) is 48.0 Å². The number of hydrogen-bond donors (Lipinski definition) is 4. The molecule has 0 spiro atoms. The van der Waals surface area contributed by atoms with Gasteiger partial charge in [0.05, 0.1) is 18.3 Å². The largest absolute Gasteiger partial charge is 0.481 e. The number of ether oxygens (including phenoxy) is 1.